The van der Waals surface area contributed by atoms with Crippen molar-refractivity contribution in [1.29, 1.82) is 0 Å². The molecule has 3 N–H and O–H groups in total. The lowest BCUT2D eigenvalue weighted by atomic mass is 10.1. The van der Waals surface area contributed by atoms with Crippen LogP contribution in [0.25, 0.3) is 0 Å². The maximum Gasteiger partial charge on any atom is 0.326 e. The van der Waals surface area contributed by atoms with Crippen molar-refractivity contribution in [1.82, 2.24) is 5.32 Å². The Kier molecular flexibility index (Phi) is 4.86. The largest absolute Gasteiger partial charge is 0.481 e. The Balaban J connectivity index is 2.64. The summed E-state index contributed by atoms with van der Waals surface area (Å²) >= 11 is 0. The molecule has 0 spiro atoms. The zero-order valence-electron chi connectivity index (χ0n) is 9.50. The number of hydrogen-bond donors (Lipinski definition) is 3. The molecule has 0 aliphatic rings. The number of nitrogens with one attached hydrogen (secondary N) is 1. The molecule has 1 aromatic rings. The number of amides is 1. The van der Waals surface area contributed by atoms with Crippen molar-refractivity contribution >= 4 is 17.8 Å². The molecule has 0 saturated carbocycles. The fourth-order valence-electron chi connectivity index (χ4n) is 1.36. The SMILES string of the molecule is O=C(O)CC[C@H](NC(=O)c1ccccc1)C(=O)O. The summed E-state index contributed by atoms with van der Waals surface area (Å²) in [5.41, 5.74) is 0.332. The fraction of sp³-hybridized carbons (Fsp3) is 0.250. The van der Waals surface area contributed by atoms with Crippen LogP contribution in [0.1, 0.15) is 23.2 Å². The zero-order valence-corrected chi connectivity index (χ0v) is 9.50. The molecule has 1 amide bonds. The number of carbonyl (C=O) groups excluding carboxylic acids is 1. The maximum atomic E-state index is 11.7. The Morgan fingerprint density at radius 3 is 2.22 bits per heavy atom. The van der Waals surface area contributed by atoms with Gasteiger partial charge in [-0.2, -0.15) is 0 Å². The summed E-state index contributed by atoms with van der Waals surface area (Å²) in [5, 5.41) is 19.7. The number of aliphatic carboxylic acids is 2. The molecule has 0 aromatic heterocycles. The van der Waals surface area contributed by atoms with Crippen LogP contribution in [0.2, 0.25) is 0 Å². The van der Waals surface area contributed by atoms with Crippen LogP contribution in [0.5, 0.6) is 0 Å². The van der Waals surface area contributed by atoms with E-state index in [2.05, 4.69) is 5.32 Å². The fourth-order valence-corrected chi connectivity index (χ4v) is 1.36. The molecular weight excluding hydrogens is 238 g/mol. The maximum absolute atomic E-state index is 11.7. The standard InChI is InChI=1S/C12H13NO5/c14-10(15)7-6-9(12(17)18)13-11(16)8-4-2-1-3-5-8/h1-5,9H,6-7H2,(H,13,16)(H,14,15)(H,17,18)/t9-/m0/s1. The Labute approximate surface area is 103 Å². The lowest BCUT2D eigenvalue weighted by molar-refractivity contribution is -0.140. The van der Waals surface area contributed by atoms with E-state index >= 15 is 0 Å². The van der Waals surface area contributed by atoms with E-state index in [4.69, 9.17) is 10.2 Å². The topological polar surface area (TPSA) is 104 Å². The van der Waals surface area contributed by atoms with Crippen LogP contribution in [-0.4, -0.2) is 34.1 Å². The first-order valence-electron chi connectivity index (χ1n) is 5.31. The van der Waals surface area contributed by atoms with E-state index < -0.39 is 23.9 Å². The van der Waals surface area contributed by atoms with Crippen LogP contribution in [0.3, 0.4) is 0 Å². The second kappa shape index (κ2) is 6.39. The molecule has 0 aliphatic heterocycles. The van der Waals surface area contributed by atoms with Gasteiger partial charge in [-0.25, -0.2) is 4.79 Å². The van der Waals surface area contributed by atoms with Gasteiger partial charge in [0.25, 0.3) is 5.91 Å². The van der Waals surface area contributed by atoms with Gasteiger partial charge in [-0.1, -0.05) is 18.2 Å². The molecule has 6 nitrogen and oxygen atoms in total. The molecule has 0 unspecified atom stereocenters. The number of hydrogen-bond acceptors (Lipinski definition) is 3. The van der Waals surface area contributed by atoms with Crippen LogP contribution < -0.4 is 5.32 Å². The van der Waals surface area contributed by atoms with Crippen molar-refractivity contribution in [3.05, 3.63) is 35.9 Å². The van der Waals surface area contributed by atoms with Crippen LogP contribution >= 0.6 is 0 Å². The second-order valence-electron chi connectivity index (χ2n) is 3.66. The Morgan fingerprint density at radius 2 is 1.72 bits per heavy atom. The third-order valence-corrected chi connectivity index (χ3v) is 2.29. The van der Waals surface area contributed by atoms with Gasteiger partial charge in [0.2, 0.25) is 0 Å². The predicted molar refractivity (Wildman–Crippen MR) is 62.2 cm³/mol. The van der Waals surface area contributed by atoms with Crippen LogP contribution in [0.15, 0.2) is 30.3 Å². The third-order valence-electron chi connectivity index (χ3n) is 2.29. The molecule has 1 atom stereocenters. The van der Waals surface area contributed by atoms with E-state index in [0.29, 0.717) is 5.56 Å². The molecule has 0 fully saturated rings. The van der Waals surface area contributed by atoms with E-state index in [9.17, 15) is 14.4 Å². The first kappa shape index (κ1) is 13.7. The van der Waals surface area contributed by atoms with Crippen LogP contribution in [-0.2, 0) is 9.59 Å². The van der Waals surface area contributed by atoms with Crippen molar-refractivity contribution in [2.75, 3.05) is 0 Å². The minimum absolute atomic E-state index is 0.150. The summed E-state index contributed by atoms with van der Waals surface area (Å²) < 4.78 is 0. The average Bonchev–Trinajstić information content (AvgIpc) is 2.34. The highest BCUT2D eigenvalue weighted by Gasteiger charge is 2.21. The molecule has 0 heterocycles. The molecule has 0 saturated heterocycles. The summed E-state index contributed by atoms with van der Waals surface area (Å²) in [6.45, 7) is 0. The minimum atomic E-state index is -1.25. The minimum Gasteiger partial charge on any atom is -0.481 e. The smallest absolute Gasteiger partial charge is 0.326 e. The van der Waals surface area contributed by atoms with Gasteiger partial charge in [0, 0.05) is 12.0 Å². The Morgan fingerprint density at radius 1 is 1.11 bits per heavy atom. The van der Waals surface area contributed by atoms with Gasteiger partial charge in [0.15, 0.2) is 0 Å². The highest BCUT2D eigenvalue weighted by Crippen LogP contribution is 2.02. The van der Waals surface area contributed by atoms with Gasteiger partial charge in [0.05, 0.1) is 0 Å². The number of carboxylic acid groups (broad SMARTS) is 2. The first-order valence-corrected chi connectivity index (χ1v) is 5.31. The number of carbonyl (C=O) groups is 3. The molecule has 6 heteroatoms. The summed E-state index contributed by atoms with van der Waals surface area (Å²) in [5.74, 6) is -2.89. The summed E-state index contributed by atoms with van der Waals surface area (Å²) in [7, 11) is 0. The van der Waals surface area contributed by atoms with E-state index in [-0.39, 0.29) is 12.8 Å². The molecule has 0 radical (unpaired) electrons. The summed E-state index contributed by atoms with van der Waals surface area (Å²) in [4.78, 5) is 32.9. The van der Waals surface area contributed by atoms with E-state index in [1.54, 1.807) is 30.3 Å². The van der Waals surface area contributed by atoms with Crippen LogP contribution in [0, 0.1) is 0 Å². The molecular formula is C12H13NO5. The predicted octanol–water partition coefficient (Wildman–Crippen LogP) is 0.734. The monoisotopic (exact) mass is 251 g/mol. The van der Waals surface area contributed by atoms with Gasteiger partial charge in [-0.15, -0.1) is 0 Å². The van der Waals surface area contributed by atoms with Gasteiger partial charge in [0.1, 0.15) is 6.04 Å². The number of rotatable bonds is 6. The zero-order chi connectivity index (χ0) is 13.5. The van der Waals surface area contributed by atoms with Gasteiger partial charge < -0.3 is 15.5 Å². The normalized spacial score (nSPS) is 11.6. The van der Waals surface area contributed by atoms with Crippen molar-refractivity contribution < 1.29 is 24.6 Å². The van der Waals surface area contributed by atoms with Gasteiger partial charge in [-0.3, -0.25) is 9.59 Å². The van der Waals surface area contributed by atoms with Crippen molar-refractivity contribution in [2.45, 2.75) is 18.9 Å². The van der Waals surface area contributed by atoms with E-state index in [1.165, 1.54) is 0 Å². The van der Waals surface area contributed by atoms with E-state index in [0.717, 1.165) is 0 Å². The number of benzene rings is 1. The summed E-state index contributed by atoms with van der Waals surface area (Å²) in [6.07, 6.45) is -0.463. The van der Waals surface area contributed by atoms with Crippen molar-refractivity contribution in [2.24, 2.45) is 0 Å². The molecule has 96 valence electrons. The molecule has 18 heavy (non-hydrogen) atoms. The van der Waals surface area contributed by atoms with Gasteiger partial charge in [-0.05, 0) is 18.6 Å². The Bertz CT molecular complexity index is 443. The lowest BCUT2D eigenvalue weighted by Crippen LogP contribution is -2.41. The highest BCUT2D eigenvalue weighted by molar-refractivity contribution is 5.96. The van der Waals surface area contributed by atoms with Crippen molar-refractivity contribution in [3.8, 4) is 0 Å². The number of carboxylic acids is 2. The quantitative estimate of drug-likeness (QED) is 0.691. The average molecular weight is 251 g/mol. The Hall–Kier alpha value is -2.37. The van der Waals surface area contributed by atoms with Crippen molar-refractivity contribution in [3.63, 3.8) is 0 Å². The first-order chi connectivity index (χ1) is 8.50. The molecule has 1 aromatic carbocycles. The third kappa shape index (κ3) is 4.25. The lowest BCUT2D eigenvalue weighted by Gasteiger charge is -2.13. The second-order valence-corrected chi connectivity index (χ2v) is 3.66. The van der Waals surface area contributed by atoms with E-state index in [1.807, 2.05) is 0 Å². The molecule has 1 rings (SSSR count). The molecule has 0 bridgehead atoms. The summed E-state index contributed by atoms with van der Waals surface area (Å²) in [6, 6.07) is 6.94. The highest BCUT2D eigenvalue weighted by atomic mass is 16.4. The van der Waals surface area contributed by atoms with Crippen LogP contribution in [0.4, 0.5) is 0 Å². The molecule has 0 aliphatic carbocycles. The van der Waals surface area contributed by atoms with Gasteiger partial charge >= 0.3 is 11.9 Å².